The molecule has 32 heavy (non-hydrogen) atoms. The van der Waals surface area contributed by atoms with Crippen molar-refractivity contribution < 1.29 is 9.59 Å². The van der Waals surface area contributed by atoms with Crippen LogP contribution in [0.4, 0.5) is 0 Å². The number of rotatable bonds is 7. The lowest BCUT2D eigenvalue weighted by Crippen LogP contribution is -2.56. The molecular weight excluding hydrogens is 400 g/mol. The molecule has 4 rings (SSSR count). The van der Waals surface area contributed by atoms with Crippen LogP contribution in [-0.2, 0) is 9.59 Å². The smallest absolute Gasteiger partial charge is 0.242 e. The Labute approximate surface area is 191 Å². The van der Waals surface area contributed by atoms with Gasteiger partial charge in [0.25, 0.3) is 0 Å². The second kappa shape index (κ2) is 10.7. The maximum atomic E-state index is 12.9. The van der Waals surface area contributed by atoms with Gasteiger partial charge in [-0.2, -0.15) is 0 Å². The summed E-state index contributed by atoms with van der Waals surface area (Å²) in [7, 11) is 0. The van der Waals surface area contributed by atoms with Crippen LogP contribution < -0.4 is 5.32 Å². The summed E-state index contributed by atoms with van der Waals surface area (Å²) in [4.78, 5) is 31.4. The zero-order chi connectivity index (χ0) is 22.3. The summed E-state index contributed by atoms with van der Waals surface area (Å²) >= 11 is 0. The Balaban J connectivity index is 1.35. The molecule has 0 radical (unpaired) electrons. The number of carbonyl (C=O) groups is 2. The molecule has 2 fully saturated rings. The van der Waals surface area contributed by atoms with Gasteiger partial charge in [0.2, 0.25) is 11.8 Å². The van der Waals surface area contributed by atoms with Gasteiger partial charge in [0.05, 0.1) is 12.7 Å². The molecule has 1 unspecified atom stereocenters. The summed E-state index contributed by atoms with van der Waals surface area (Å²) in [6, 6.07) is 21.6. The number of hydrogen-bond acceptors (Lipinski definition) is 4. The van der Waals surface area contributed by atoms with Gasteiger partial charge in [-0.05, 0) is 17.5 Å². The van der Waals surface area contributed by atoms with Crippen LogP contribution in [0.3, 0.4) is 0 Å². The number of nitrogens with one attached hydrogen (secondary N) is 1. The Hall–Kier alpha value is -2.70. The highest BCUT2D eigenvalue weighted by Gasteiger charge is 2.31. The van der Waals surface area contributed by atoms with Gasteiger partial charge < -0.3 is 9.80 Å². The van der Waals surface area contributed by atoms with Crippen molar-refractivity contribution in [1.82, 2.24) is 20.0 Å². The molecular formula is C26H34N4O2. The first kappa shape index (κ1) is 22.5. The molecule has 2 amide bonds. The largest absolute Gasteiger partial charge is 0.339 e. The van der Waals surface area contributed by atoms with Crippen molar-refractivity contribution in [2.45, 2.75) is 38.3 Å². The minimum absolute atomic E-state index is 0.0460. The molecule has 0 saturated carbocycles. The Kier molecular flexibility index (Phi) is 7.55. The summed E-state index contributed by atoms with van der Waals surface area (Å²) in [6.07, 6.45) is 2.55. The maximum Gasteiger partial charge on any atom is 0.242 e. The summed E-state index contributed by atoms with van der Waals surface area (Å²) in [6.45, 7) is 5.76. The van der Waals surface area contributed by atoms with E-state index in [9.17, 15) is 9.59 Å². The number of hydrogen-bond donors (Lipinski definition) is 1. The Morgan fingerprint density at radius 3 is 2.09 bits per heavy atom. The van der Waals surface area contributed by atoms with Crippen LogP contribution >= 0.6 is 0 Å². The fourth-order valence-corrected chi connectivity index (χ4v) is 4.81. The lowest BCUT2D eigenvalue weighted by Gasteiger charge is -2.40. The van der Waals surface area contributed by atoms with Crippen molar-refractivity contribution >= 4 is 11.8 Å². The van der Waals surface area contributed by atoms with Gasteiger partial charge in [-0.25, -0.2) is 0 Å². The molecule has 0 aromatic heterocycles. The fourth-order valence-electron chi connectivity index (χ4n) is 4.81. The first-order valence-electron chi connectivity index (χ1n) is 11.8. The fraction of sp³-hybridized carbons (Fsp3) is 0.462. The second-order valence-corrected chi connectivity index (χ2v) is 8.78. The molecule has 0 aliphatic carbocycles. The average molecular weight is 435 g/mol. The minimum atomic E-state index is 0.0460. The van der Waals surface area contributed by atoms with Crippen molar-refractivity contribution in [2.75, 3.05) is 39.4 Å². The number of nitrogens with zero attached hydrogens (tertiary/aromatic N) is 3. The predicted molar refractivity (Wildman–Crippen MR) is 126 cm³/mol. The van der Waals surface area contributed by atoms with Crippen LogP contribution in [0.2, 0.25) is 0 Å². The predicted octanol–water partition coefficient (Wildman–Crippen LogP) is 2.87. The molecule has 2 heterocycles. The summed E-state index contributed by atoms with van der Waals surface area (Å²) < 4.78 is 0. The third-order valence-electron chi connectivity index (χ3n) is 6.57. The third kappa shape index (κ3) is 5.37. The Morgan fingerprint density at radius 1 is 0.969 bits per heavy atom. The molecule has 2 aliphatic heterocycles. The van der Waals surface area contributed by atoms with E-state index in [1.54, 1.807) is 4.90 Å². The van der Waals surface area contributed by atoms with Crippen LogP contribution in [0.1, 0.15) is 43.4 Å². The van der Waals surface area contributed by atoms with Crippen LogP contribution in [0, 0.1) is 0 Å². The lowest BCUT2D eigenvalue weighted by atomic mass is 9.96. The van der Waals surface area contributed by atoms with Gasteiger partial charge in [-0.3, -0.25) is 19.8 Å². The van der Waals surface area contributed by atoms with E-state index in [2.05, 4.69) is 65.7 Å². The van der Waals surface area contributed by atoms with E-state index in [-0.39, 0.29) is 30.4 Å². The second-order valence-electron chi connectivity index (χ2n) is 8.78. The van der Waals surface area contributed by atoms with Gasteiger partial charge in [-0.1, -0.05) is 74.0 Å². The molecule has 6 nitrogen and oxygen atoms in total. The van der Waals surface area contributed by atoms with Gasteiger partial charge in [0, 0.05) is 38.6 Å². The summed E-state index contributed by atoms with van der Waals surface area (Å²) in [5, 5.41) is 3.39. The third-order valence-corrected chi connectivity index (χ3v) is 6.57. The van der Waals surface area contributed by atoms with Gasteiger partial charge in [0.1, 0.15) is 6.54 Å². The van der Waals surface area contributed by atoms with E-state index in [0.717, 1.165) is 25.9 Å². The van der Waals surface area contributed by atoms with Crippen molar-refractivity contribution in [2.24, 2.45) is 0 Å². The number of carbonyl (C=O) groups excluding carboxylic acids is 2. The first-order valence-corrected chi connectivity index (χ1v) is 11.8. The first-order chi connectivity index (χ1) is 15.7. The topological polar surface area (TPSA) is 55.9 Å². The standard InChI is InChI=1S/C26H34N4O2/c1-2-9-23-18-24(31)30(20-27-23)19-25(32)28-14-16-29(17-15-28)26(21-10-5-3-6-11-21)22-12-7-4-8-13-22/h3-8,10-13,23,26-27H,2,9,14-20H2,1H3. The van der Waals surface area contributed by atoms with E-state index >= 15 is 0 Å². The van der Waals surface area contributed by atoms with Crippen LogP contribution in [-0.4, -0.2) is 71.9 Å². The monoisotopic (exact) mass is 434 g/mol. The summed E-state index contributed by atoms with van der Waals surface area (Å²) in [5.41, 5.74) is 2.54. The van der Waals surface area contributed by atoms with Crippen molar-refractivity contribution in [3.8, 4) is 0 Å². The molecule has 2 aromatic rings. The Bertz CT molecular complexity index is 842. The molecule has 0 spiro atoms. The lowest BCUT2D eigenvalue weighted by molar-refractivity contribution is -0.144. The highest BCUT2D eigenvalue weighted by Crippen LogP contribution is 2.29. The highest BCUT2D eigenvalue weighted by molar-refractivity contribution is 5.85. The van der Waals surface area contributed by atoms with Gasteiger partial charge in [0.15, 0.2) is 0 Å². The number of amides is 2. The zero-order valence-electron chi connectivity index (χ0n) is 19.0. The van der Waals surface area contributed by atoms with Crippen LogP contribution in [0.5, 0.6) is 0 Å². The van der Waals surface area contributed by atoms with Crippen molar-refractivity contribution in [1.29, 1.82) is 0 Å². The molecule has 2 aliphatic rings. The quantitative estimate of drug-likeness (QED) is 0.728. The van der Waals surface area contributed by atoms with Crippen molar-refractivity contribution in [3.63, 3.8) is 0 Å². The molecule has 1 atom stereocenters. The SMILES string of the molecule is CCCC1CC(=O)N(CC(=O)N2CCN(C(c3ccccc3)c3ccccc3)CC2)CN1. The molecule has 1 N–H and O–H groups in total. The van der Waals surface area contributed by atoms with Crippen LogP contribution in [0.15, 0.2) is 60.7 Å². The molecule has 170 valence electrons. The molecule has 6 heteroatoms. The molecule has 2 aromatic carbocycles. The Morgan fingerprint density at radius 2 is 1.56 bits per heavy atom. The number of piperazine rings is 1. The normalized spacial score (nSPS) is 20.1. The molecule has 0 bridgehead atoms. The van der Waals surface area contributed by atoms with E-state index in [0.29, 0.717) is 26.2 Å². The van der Waals surface area contributed by atoms with Crippen molar-refractivity contribution in [3.05, 3.63) is 71.8 Å². The van der Waals surface area contributed by atoms with E-state index in [1.165, 1.54) is 11.1 Å². The highest BCUT2D eigenvalue weighted by atomic mass is 16.2. The number of benzene rings is 2. The molecule has 2 saturated heterocycles. The van der Waals surface area contributed by atoms with Gasteiger partial charge >= 0.3 is 0 Å². The van der Waals surface area contributed by atoms with E-state index < -0.39 is 0 Å². The minimum Gasteiger partial charge on any atom is -0.339 e. The van der Waals surface area contributed by atoms with E-state index in [1.807, 2.05) is 17.0 Å². The maximum absolute atomic E-state index is 12.9. The van der Waals surface area contributed by atoms with Crippen LogP contribution in [0.25, 0.3) is 0 Å². The zero-order valence-corrected chi connectivity index (χ0v) is 19.0. The average Bonchev–Trinajstić information content (AvgIpc) is 2.83. The summed E-state index contributed by atoms with van der Waals surface area (Å²) in [5.74, 6) is 0.132. The van der Waals surface area contributed by atoms with E-state index in [4.69, 9.17) is 0 Å². The van der Waals surface area contributed by atoms with Gasteiger partial charge in [-0.15, -0.1) is 0 Å².